The Balaban J connectivity index is 1.26. The fourth-order valence-electron chi connectivity index (χ4n) is 11.7. The molecule has 5 fully saturated rings. The molecule has 13 atom stereocenters. The zero-order valence-electron chi connectivity index (χ0n) is 27.1. The molecule has 6 rings (SSSR count). The van der Waals surface area contributed by atoms with Crippen LogP contribution in [0.5, 0.6) is 0 Å². The van der Waals surface area contributed by atoms with Crippen molar-refractivity contribution in [2.45, 2.75) is 142 Å². The molecule has 4 saturated carbocycles. The third-order valence-corrected chi connectivity index (χ3v) is 14.7. The van der Waals surface area contributed by atoms with Crippen LogP contribution in [0, 0.1) is 44.8 Å². The van der Waals surface area contributed by atoms with E-state index in [0.717, 1.165) is 57.8 Å². The van der Waals surface area contributed by atoms with Crippen LogP contribution in [0.25, 0.3) is 0 Å². The first-order valence-electron chi connectivity index (χ1n) is 16.9. The largest absolute Gasteiger partial charge is 0.481 e. The average Bonchev–Trinajstić information content (AvgIpc) is 2.92. The van der Waals surface area contributed by atoms with Crippen LogP contribution < -0.4 is 0 Å². The van der Waals surface area contributed by atoms with Crippen molar-refractivity contribution in [2.24, 2.45) is 44.8 Å². The molecular formula is C35H56O8. The van der Waals surface area contributed by atoms with Crippen molar-refractivity contribution >= 4 is 5.97 Å². The summed E-state index contributed by atoms with van der Waals surface area (Å²) in [7, 11) is 0. The molecular weight excluding hydrogens is 548 g/mol. The van der Waals surface area contributed by atoms with Gasteiger partial charge in [-0.3, -0.25) is 4.79 Å². The van der Waals surface area contributed by atoms with E-state index in [4.69, 9.17) is 9.47 Å². The summed E-state index contributed by atoms with van der Waals surface area (Å²) < 4.78 is 11.8. The van der Waals surface area contributed by atoms with Gasteiger partial charge in [0.05, 0.1) is 30.3 Å². The summed E-state index contributed by atoms with van der Waals surface area (Å²) in [6.45, 7) is 13.8. The van der Waals surface area contributed by atoms with Crippen LogP contribution >= 0.6 is 0 Å². The van der Waals surface area contributed by atoms with Gasteiger partial charge in [-0.05, 0) is 111 Å². The maximum atomic E-state index is 12.9. The van der Waals surface area contributed by atoms with Crippen LogP contribution in [0.1, 0.15) is 106 Å². The Hall–Kier alpha value is -1.03. The lowest BCUT2D eigenvalue weighted by Crippen LogP contribution is -2.67. The first-order valence-corrected chi connectivity index (χ1v) is 16.9. The number of ether oxygens (including phenoxy) is 2. The summed E-state index contributed by atoms with van der Waals surface area (Å²) in [6, 6.07) is 0. The number of aliphatic carboxylic acids is 1. The highest BCUT2D eigenvalue weighted by molar-refractivity contribution is 5.76. The Kier molecular flexibility index (Phi) is 7.60. The average molecular weight is 605 g/mol. The van der Waals surface area contributed by atoms with Gasteiger partial charge >= 0.3 is 5.97 Å². The van der Waals surface area contributed by atoms with Gasteiger partial charge in [0, 0.05) is 0 Å². The standard InChI is InChI=1S/C35H56O8/c1-30(2)13-15-35(29(39)40)16-14-32(4)20(21(35)17-30)7-8-24-31(3)11-10-26(34(6,41)25(31)9-12-33(24,32)5)43-19-23-28(38)27(37)22(36)18-42-23/h7,21-28,36-38,41H,8-19H2,1-6H3,(H,39,40)/t21-,22-,23-,24+,25+,26-,27-,28-,31+,32+,33+,34+,35-/m0/s1. The molecule has 1 aliphatic heterocycles. The maximum Gasteiger partial charge on any atom is 0.310 e. The minimum atomic E-state index is -1.28. The van der Waals surface area contributed by atoms with Gasteiger partial charge in [0.15, 0.2) is 0 Å². The molecule has 0 aromatic heterocycles. The van der Waals surface area contributed by atoms with E-state index in [9.17, 15) is 30.3 Å². The van der Waals surface area contributed by atoms with Crippen LogP contribution in [-0.2, 0) is 14.3 Å². The molecule has 1 heterocycles. The van der Waals surface area contributed by atoms with Gasteiger partial charge in [0.1, 0.15) is 24.4 Å². The third-order valence-electron chi connectivity index (χ3n) is 14.7. The lowest BCUT2D eigenvalue weighted by molar-refractivity contribution is -0.255. The number of carbonyl (C=O) groups is 1. The van der Waals surface area contributed by atoms with Gasteiger partial charge < -0.3 is 35.0 Å². The highest BCUT2D eigenvalue weighted by atomic mass is 16.6. The molecule has 0 bridgehead atoms. The number of aliphatic hydroxyl groups excluding tert-OH is 3. The molecule has 5 aliphatic carbocycles. The molecule has 5 N–H and O–H groups in total. The molecule has 43 heavy (non-hydrogen) atoms. The quantitative estimate of drug-likeness (QED) is 0.297. The number of allylic oxidation sites excluding steroid dienone is 2. The van der Waals surface area contributed by atoms with E-state index in [-0.39, 0.29) is 46.7 Å². The summed E-state index contributed by atoms with van der Waals surface area (Å²) in [4.78, 5) is 12.9. The van der Waals surface area contributed by atoms with E-state index >= 15 is 0 Å². The van der Waals surface area contributed by atoms with E-state index in [2.05, 4.69) is 40.7 Å². The van der Waals surface area contributed by atoms with E-state index in [1.54, 1.807) is 0 Å². The summed E-state index contributed by atoms with van der Waals surface area (Å²) in [6.07, 6.45) is 6.35. The first-order chi connectivity index (χ1) is 19.9. The van der Waals surface area contributed by atoms with Crippen LogP contribution in [-0.4, -0.2) is 80.8 Å². The molecule has 244 valence electrons. The molecule has 1 saturated heterocycles. The number of fused-ring (bicyclic) bond motifs is 7. The first kappa shape index (κ1) is 31.9. The number of carboxylic acid groups (broad SMARTS) is 1. The Morgan fingerprint density at radius 1 is 0.930 bits per heavy atom. The molecule has 0 spiro atoms. The summed E-state index contributed by atoms with van der Waals surface area (Å²) in [5, 5.41) is 53.1. The third kappa shape index (κ3) is 4.47. The molecule has 0 radical (unpaired) electrons. The maximum absolute atomic E-state index is 12.9. The SMILES string of the molecule is CC1(C)CC[C@]2(C(=O)O)CC[C@]3(C)C(=CC[C@@H]4[C@@]5(C)CC[C@H](OC[C@@H]6OC[C@H](O)[C@H](O)[C@H]6O)[C@](C)(O)[C@@H]5CC[C@]43C)[C@@H]2C1. The molecule has 0 aromatic rings. The second-order valence-electron chi connectivity index (χ2n) is 17.2. The minimum Gasteiger partial charge on any atom is -0.481 e. The predicted octanol–water partition coefficient (Wildman–Crippen LogP) is 4.46. The topological polar surface area (TPSA) is 137 Å². The van der Waals surface area contributed by atoms with Gasteiger partial charge in [-0.25, -0.2) is 0 Å². The smallest absolute Gasteiger partial charge is 0.310 e. The van der Waals surface area contributed by atoms with Crippen LogP contribution in [0.15, 0.2) is 11.6 Å². The number of hydrogen-bond donors (Lipinski definition) is 5. The minimum absolute atomic E-state index is 0.00931. The molecule has 0 aromatic carbocycles. The van der Waals surface area contributed by atoms with Gasteiger partial charge in [-0.2, -0.15) is 0 Å². The fourth-order valence-corrected chi connectivity index (χ4v) is 11.7. The molecule has 6 aliphatic rings. The molecule has 8 heteroatoms. The highest BCUT2D eigenvalue weighted by Gasteiger charge is 2.69. The normalized spacial score (nSPS) is 54.3. The van der Waals surface area contributed by atoms with Crippen LogP contribution in [0.2, 0.25) is 0 Å². The number of rotatable bonds is 4. The van der Waals surface area contributed by atoms with Crippen molar-refractivity contribution < 1.29 is 39.8 Å². The van der Waals surface area contributed by atoms with E-state index in [0.29, 0.717) is 12.3 Å². The van der Waals surface area contributed by atoms with Crippen molar-refractivity contribution in [1.29, 1.82) is 0 Å². The molecule has 0 unspecified atom stereocenters. The molecule has 8 nitrogen and oxygen atoms in total. The van der Waals surface area contributed by atoms with Gasteiger partial charge in [-0.1, -0.05) is 46.3 Å². The Bertz CT molecular complexity index is 1150. The summed E-state index contributed by atoms with van der Waals surface area (Å²) >= 11 is 0. The second-order valence-corrected chi connectivity index (χ2v) is 17.2. The Morgan fingerprint density at radius 3 is 2.33 bits per heavy atom. The molecule has 0 amide bonds. The van der Waals surface area contributed by atoms with Crippen molar-refractivity contribution in [3.63, 3.8) is 0 Å². The fraction of sp³-hybridized carbons (Fsp3) is 0.914. The van der Waals surface area contributed by atoms with Crippen LogP contribution in [0.3, 0.4) is 0 Å². The van der Waals surface area contributed by atoms with Crippen molar-refractivity contribution in [1.82, 2.24) is 0 Å². The number of aliphatic hydroxyl groups is 4. The van der Waals surface area contributed by atoms with E-state index < -0.39 is 47.5 Å². The van der Waals surface area contributed by atoms with E-state index in [1.807, 2.05) is 6.92 Å². The van der Waals surface area contributed by atoms with Crippen molar-refractivity contribution in [3.05, 3.63) is 11.6 Å². The van der Waals surface area contributed by atoms with Gasteiger partial charge in [-0.15, -0.1) is 0 Å². The van der Waals surface area contributed by atoms with Crippen molar-refractivity contribution in [3.8, 4) is 0 Å². The summed E-state index contributed by atoms with van der Waals surface area (Å²) in [5.41, 5.74) is -0.330. The van der Waals surface area contributed by atoms with Crippen LogP contribution in [0.4, 0.5) is 0 Å². The Morgan fingerprint density at radius 2 is 1.63 bits per heavy atom. The lowest BCUT2D eigenvalue weighted by Gasteiger charge is -2.71. The van der Waals surface area contributed by atoms with E-state index in [1.165, 1.54) is 5.57 Å². The summed E-state index contributed by atoms with van der Waals surface area (Å²) in [5.74, 6) is -0.116. The highest BCUT2D eigenvalue weighted by Crippen LogP contribution is 2.75. The Labute approximate surface area is 257 Å². The van der Waals surface area contributed by atoms with Gasteiger partial charge in [0.2, 0.25) is 0 Å². The zero-order chi connectivity index (χ0) is 31.4. The van der Waals surface area contributed by atoms with Crippen molar-refractivity contribution in [2.75, 3.05) is 13.2 Å². The number of hydrogen-bond acceptors (Lipinski definition) is 7. The van der Waals surface area contributed by atoms with Gasteiger partial charge in [0.25, 0.3) is 0 Å². The predicted molar refractivity (Wildman–Crippen MR) is 161 cm³/mol. The monoisotopic (exact) mass is 604 g/mol. The zero-order valence-corrected chi connectivity index (χ0v) is 27.1. The second kappa shape index (κ2) is 10.2. The number of carboxylic acids is 1. The lowest BCUT2D eigenvalue weighted by atomic mass is 9.34.